The molecule has 0 aliphatic heterocycles. The number of nitrogens with one attached hydrogen (secondary N) is 2. The number of unbranched alkanes of at least 4 members (excludes halogenated alkanes) is 15. The molecule has 0 spiro atoms. The van der Waals surface area contributed by atoms with Crippen molar-refractivity contribution in [1.29, 1.82) is 0 Å². The summed E-state index contributed by atoms with van der Waals surface area (Å²) in [5.41, 5.74) is 3.70. The molecule has 0 bridgehead atoms. The van der Waals surface area contributed by atoms with E-state index in [1.54, 1.807) is 18.3 Å². The highest BCUT2D eigenvalue weighted by Gasteiger charge is 1.98. The Morgan fingerprint density at radius 1 is 0.781 bits per heavy atom. The largest absolute Gasteiger partial charge is 0.361 e. The summed E-state index contributed by atoms with van der Waals surface area (Å²) in [6.07, 6.45) is 23.8. The van der Waals surface area contributed by atoms with Crippen molar-refractivity contribution in [2.24, 2.45) is 5.10 Å². The van der Waals surface area contributed by atoms with E-state index in [1.165, 1.54) is 96.3 Å². The first-order chi connectivity index (χ1) is 15.6. The Hall–Kier alpha value is -0.840. The van der Waals surface area contributed by atoms with Crippen molar-refractivity contribution < 1.29 is 0 Å². The van der Waals surface area contributed by atoms with Gasteiger partial charge in [0.15, 0.2) is 5.11 Å². The number of hydrazone groups is 1. The minimum atomic E-state index is 0.514. The molecule has 0 saturated heterocycles. The third-order valence-electron chi connectivity index (χ3n) is 5.64. The Morgan fingerprint density at radius 3 is 1.78 bits per heavy atom. The number of hydrogen-bond acceptors (Lipinski definition) is 2. The normalized spacial score (nSPS) is 11.2. The standard InChI is InChI=1S/C26H43Cl2N3S/c1-2-3-4-5-6-7-8-9-10-11-12-13-14-15-16-17-20-29-26(32)31-30-22-23-18-19-24(27)25(28)21-23/h18-19,21-22H,2-17,20H2,1H3,(H2,29,31,32)/b30-22+. The second-order valence-corrected chi connectivity index (χ2v) is 9.83. The average Bonchev–Trinajstić information content (AvgIpc) is 2.78. The predicted molar refractivity (Wildman–Crippen MR) is 147 cm³/mol. The van der Waals surface area contributed by atoms with Gasteiger partial charge < -0.3 is 5.32 Å². The molecule has 0 aromatic heterocycles. The lowest BCUT2D eigenvalue weighted by Crippen LogP contribution is -2.32. The van der Waals surface area contributed by atoms with Gasteiger partial charge in [-0.2, -0.15) is 5.10 Å². The van der Waals surface area contributed by atoms with E-state index < -0.39 is 0 Å². The van der Waals surface area contributed by atoms with Crippen LogP contribution >= 0.6 is 35.4 Å². The Morgan fingerprint density at radius 2 is 1.28 bits per heavy atom. The molecular formula is C26H43Cl2N3S. The molecule has 32 heavy (non-hydrogen) atoms. The van der Waals surface area contributed by atoms with Crippen LogP contribution in [0.4, 0.5) is 0 Å². The van der Waals surface area contributed by atoms with Crippen LogP contribution in [0.2, 0.25) is 10.0 Å². The third-order valence-corrected chi connectivity index (χ3v) is 6.61. The van der Waals surface area contributed by atoms with Gasteiger partial charge in [-0.1, -0.05) is 133 Å². The fourth-order valence-electron chi connectivity index (χ4n) is 3.67. The molecule has 0 saturated carbocycles. The zero-order valence-corrected chi connectivity index (χ0v) is 22.3. The average molecular weight is 501 g/mol. The second kappa shape index (κ2) is 20.7. The Labute approximate surface area is 212 Å². The highest BCUT2D eigenvalue weighted by molar-refractivity contribution is 7.80. The van der Waals surface area contributed by atoms with Crippen molar-refractivity contribution in [1.82, 2.24) is 10.7 Å². The number of hydrogen-bond donors (Lipinski definition) is 2. The lowest BCUT2D eigenvalue weighted by atomic mass is 10.0. The lowest BCUT2D eigenvalue weighted by molar-refractivity contribution is 0.529. The van der Waals surface area contributed by atoms with Crippen LogP contribution in [0.25, 0.3) is 0 Å². The minimum absolute atomic E-state index is 0.514. The summed E-state index contributed by atoms with van der Waals surface area (Å²) in [6.45, 7) is 3.17. The molecule has 2 N–H and O–H groups in total. The van der Waals surface area contributed by atoms with E-state index in [1.807, 2.05) is 6.07 Å². The third kappa shape index (κ3) is 16.7. The summed E-state index contributed by atoms with van der Waals surface area (Å²) in [4.78, 5) is 0. The minimum Gasteiger partial charge on any atom is -0.361 e. The van der Waals surface area contributed by atoms with E-state index in [4.69, 9.17) is 35.4 Å². The molecule has 182 valence electrons. The fourth-order valence-corrected chi connectivity index (χ4v) is 4.13. The molecule has 0 radical (unpaired) electrons. The topological polar surface area (TPSA) is 36.4 Å². The fraction of sp³-hybridized carbons (Fsp3) is 0.692. The molecule has 1 rings (SSSR count). The maximum Gasteiger partial charge on any atom is 0.186 e. The van der Waals surface area contributed by atoms with Crippen LogP contribution in [0, 0.1) is 0 Å². The van der Waals surface area contributed by atoms with Gasteiger partial charge in [-0.15, -0.1) is 0 Å². The van der Waals surface area contributed by atoms with Gasteiger partial charge in [0.25, 0.3) is 0 Å². The molecule has 0 aliphatic rings. The first-order valence-electron chi connectivity index (χ1n) is 12.7. The van der Waals surface area contributed by atoms with Crippen molar-refractivity contribution in [3.05, 3.63) is 33.8 Å². The maximum atomic E-state index is 5.99. The highest BCUT2D eigenvalue weighted by Crippen LogP contribution is 2.21. The summed E-state index contributed by atoms with van der Waals surface area (Å²) in [5, 5.41) is 8.92. The molecule has 6 heteroatoms. The molecule has 0 amide bonds. The maximum absolute atomic E-state index is 5.99. The van der Waals surface area contributed by atoms with E-state index in [2.05, 4.69) is 22.8 Å². The van der Waals surface area contributed by atoms with Gasteiger partial charge in [-0.25, -0.2) is 0 Å². The number of nitrogens with zero attached hydrogens (tertiary/aromatic N) is 1. The quantitative estimate of drug-likeness (QED) is 0.0861. The van der Waals surface area contributed by atoms with Crippen molar-refractivity contribution in [2.45, 2.75) is 110 Å². The van der Waals surface area contributed by atoms with Gasteiger partial charge in [0.05, 0.1) is 16.3 Å². The lowest BCUT2D eigenvalue weighted by Gasteiger charge is -2.07. The first kappa shape index (κ1) is 29.2. The van der Waals surface area contributed by atoms with Gasteiger partial charge in [0, 0.05) is 6.54 Å². The van der Waals surface area contributed by atoms with Crippen LogP contribution in [0.3, 0.4) is 0 Å². The Kier molecular flexibility index (Phi) is 18.9. The first-order valence-corrected chi connectivity index (χ1v) is 13.8. The van der Waals surface area contributed by atoms with E-state index in [-0.39, 0.29) is 0 Å². The monoisotopic (exact) mass is 499 g/mol. The number of halogens is 2. The molecule has 0 atom stereocenters. The van der Waals surface area contributed by atoms with Crippen molar-refractivity contribution in [2.75, 3.05) is 6.54 Å². The highest BCUT2D eigenvalue weighted by atomic mass is 35.5. The molecule has 0 unspecified atom stereocenters. The Balaban J connectivity index is 1.84. The van der Waals surface area contributed by atoms with Crippen LogP contribution in [0.15, 0.2) is 23.3 Å². The van der Waals surface area contributed by atoms with E-state index in [9.17, 15) is 0 Å². The van der Waals surface area contributed by atoms with Gasteiger partial charge in [-0.3, -0.25) is 5.43 Å². The summed E-state index contributed by atoms with van der Waals surface area (Å²) < 4.78 is 0. The molecular weight excluding hydrogens is 457 g/mol. The molecule has 0 aliphatic carbocycles. The second-order valence-electron chi connectivity index (χ2n) is 8.60. The van der Waals surface area contributed by atoms with Crippen molar-refractivity contribution in [3.8, 4) is 0 Å². The van der Waals surface area contributed by atoms with Gasteiger partial charge in [0.2, 0.25) is 0 Å². The van der Waals surface area contributed by atoms with Crippen LogP contribution in [0.1, 0.15) is 115 Å². The molecule has 1 aromatic carbocycles. The van der Waals surface area contributed by atoms with E-state index >= 15 is 0 Å². The van der Waals surface area contributed by atoms with Gasteiger partial charge in [0.1, 0.15) is 0 Å². The molecule has 0 fully saturated rings. The van der Waals surface area contributed by atoms with Crippen molar-refractivity contribution >= 4 is 46.7 Å². The van der Waals surface area contributed by atoms with Crippen molar-refractivity contribution in [3.63, 3.8) is 0 Å². The van der Waals surface area contributed by atoms with Crippen LogP contribution in [0.5, 0.6) is 0 Å². The smallest absolute Gasteiger partial charge is 0.186 e. The molecule has 1 aromatic rings. The van der Waals surface area contributed by atoms with Crippen LogP contribution in [-0.2, 0) is 0 Å². The molecule has 3 nitrogen and oxygen atoms in total. The summed E-state index contributed by atoms with van der Waals surface area (Å²) in [5.74, 6) is 0. The zero-order valence-electron chi connectivity index (χ0n) is 19.9. The van der Waals surface area contributed by atoms with Crippen LogP contribution in [-0.4, -0.2) is 17.9 Å². The zero-order chi connectivity index (χ0) is 23.3. The van der Waals surface area contributed by atoms with E-state index in [0.29, 0.717) is 15.2 Å². The summed E-state index contributed by atoms with van der Waals surface area (Å²) in [7, 11) is 0. The number of rotatable bonds is 19. The SMILES string of the molecule is CCCCCCCCCCCCCCCCCCNC(=S)N/N=C/c1ccc(Cl)c(Cl)c1. The van der Waals surface area contributed by atoms with E-state index in [0.717, 1.165) is 18.5 Å². The molecule has 0 heterocycles. The summed E-state index contributed by atoms with van der Waals surface area (Å²) in [6, 6.07) is 5.37. The number of thiocarbonyl (C=S) groups is 1. The van der Waals surface area contributed by atoms with Gasteiger partial charge >= 0.3 is 0 Å². The summed E-state index contributed by atoms with van der Waals surface area (Å²) >= 11 is 17.1. The Bertz CT molecular complexity index is 637. The number of benzene rings is 1. The van der Waals surface area contributed by atoms with Gasteiger partial charge in [-0.05, 0) is 36.3 Å². The predicted octanol–water partition coefficient (Wildman–Crippen LogP) is 9.05. The van der Waals surface area contributed by atoms with Crippen LogP contribution < -0.4 is 10.7 Å².